The van der Waals surface area contributed by atoms with Gasteiger partial charge in [-0.05, 0) is 38.5 Å². The van der Waals surface area contributed by atoms with Gasteiger partial charge in [-0.15, -0.1) is 0 Å². The second-order valence-electron chi connectivity index (χ2n) is 17.2. The van der Waals surface area contributed by atoms with Gasteiger partial charge in [0.1, 0.15) is 12.2 Å². The molecule has 0 saturated heterocycles. The summed E-state index contributed by atoms with van der Waals surface area (Å²) in [6.45, 7) is 4.04. The molecule has 0 saturated carbocycles. The van der Waals surface area contributed by atoms with Crippen LogP contribution in [-0.2, 0) is 4.79 Å². The fourth-order valence-corrected chi connectivity index (χ4v) is 7.82. The Bertz CT molecular complexity index is 791. The number of aliphatic hydroxyl groups is 4. The van der Waals surface area contributed by atoms with E-state index < -0.39 is 36.9 Å². The van der Waals surface area contributed by atoms with Crippen molar-refractivity contribution in [2.24, 2.45) is 0 Å². The lowest BCUT2D eigenvalue weighted by Crippen LogP contribution is -2.53. The zero-order chi connectivity index (χ0) is 40.3. The minimum Gasteiger partial charge on any atom is -0.394 e. The van der Waals surface area contributed by atoms with Crippen molar-refractivity contribution in [3.05, 3.63) is 12.2 Å². The van der Waals surface area contributed by atoms with Gasteiger partial charge in [-0.2, -0.15) is 0 Å². The number of aliphatic hydroxyl groups excluding tert-OH is 4. The molecule has 0 aromatic rings. The molecule has 0 aliphatic carbocycles. The van der Waals surface area contributed by atoms with E-state index >= 15 is 0 Å². The summed E-state index contributed by atoms with van der Waals surface area (Å²) in [6.07, 6.45) is 49.9. The molecule has 4 unspecified atom stereocenters. The van der Waals surface area contributed by atoms with E-state index in [1.807, 2.05) is 0 Å². The molecule has 6 nitrogen and oxygen atoms in total. The minimum absolute atomic E-state index is 0.368. The van der Waals surface area contributed by atoms with Gasteiger partial charge in [0, 0.05) is 0 Å². The van der Waals surface area contributed by atoms with Crippen LogP contribution in [0, 0.1) is 0 Å². The van der Waals surface area contributed by atoms with Gasteiger partial charge in [-0.1, -0.05) is 238 Å². The van der Waals surface area contributed by atoms with E-state index in [1.54, 1.807) is 0 Å². The summed E-state index contributed by atoms with van der Waals surface area (Å²) in [6, 6.07) is -0.996. The molecule has 6 heteroatoms. The average molecular weight is 780 g/mol. The van der Waals surface area contributed by atoms with Crippen molar-refractivity contribution in [2.75, 3.05) is 6.61 Å². The Hall–Kier alpha value is -0.950. The molecule has 328 valence electrons. The normalized spacial score (nSPS) is 14.1. The molecule has 0 heterocycles. The van der Waals surface area contributed by atoms with Gasteiger partial charge in [-0.25, -0.2) is 0 Å². The number of hydrogen-bond acceptors (Lipinski definition) is 5. The largest absolute Gasteiger partial charge is 0.394 e. The van der Waals surface area contributed by atoms with Gasteiger partial charge in [0.15, 0.2) is 0 Å². The summed E-state index contributed by atoms with van der Waals surface area (Å²) < 4.78 is 0. The van der Waals surface area contributed by atoms with Crippen LogP contribution in [0.1, 0.15) is 264 Å². The van der Waals surface area contributed by atoms with Crippen LogP contribution in [0.5, 0.6) is 0 Å². The lowest BCUT2D eigenvalue weighted by atomic mass is 10.00. The molecule has 0 aliphatic rings. The fraction of sp³-hybridized carbons (Fsp3) is 0.939. The Morgan fingerprint density at radius 2 is 0.745 bits per heavy atom. The number of rotatable bonds is 45. The molecule has 0 aromatic carbocycles. The number of hydrogen-bond donors (Lipinski definition) is 5. The third kappa shape index (κ3) is 38.3. The standard InChI is InChI=1S/C49H97NO5/c1-3-5-7-9-11-13-15-17-18-19-20-21-22-23-24-25-26-27-28-29-30-31-33-35-37-39-41-43-47(53)49(55)50-45(44-51)48(54)46(52)42-40-38-36-34-32-16-14-12-10-8-6-4-2/h34,36,45-48,51-54H,3-33,35,37-44H2,1-2H3,(H,50,55)/b36-34+. The van der Waals surface area contributed by atoms with Gasteiger partial charge in [0.25, 0.3) is 0 Å². The highest BCUT2D eigenvalue weighted by Crippen LogP contribution is 2.17. The Kier molecular flexibility index (Phi) is 43.4. The molecule has 0 rings (SSSR count). The maximum atomic E-state index is 12.5. The summed E-state index contributed by atoms with van der Waals surface area (Å²) in [7, 11) is 0. The Balaban J connectivity index is 3.60. The summed E-state index contributed by atoms with van der Waals surface area (Å²) in [5, 5.41) is 43.6. The van der Waals surface area contributed by atoms with Crippen molar-refractivity contribution < 1.29 is 25.2 Å². The summed E-state index contributed by atoms with van der Waals surface area (Å²) in [5.41, 5.74) is 0. The molecule has 4 atom stereocenters. The van der Waals surface area contributed by atoms with Crippen LogP contribution < -0.4 is 5.32 Å². The fourth-order valence-electron chi connectivity index (χ4n) is 7.82. The molecular weight excluding hydrogens is 683 g/mol. The van der Waals surface area contributed by atoms with Gasteiger partial charge in [-0.3, -0.25) is 4.79 Å². The number of allylic oxidation sites excluding steroid dienone is 2. The molecule has 0 aliphatic heterocycles. The van der Waals surface area contributed by atoms with E-state index in [9.17, 15) is 25.2 Å². The zero-order valence-corrected chi connectivity index (χ0v) is 36.9. The second-order valence-corrected chi connectivity index (χ2v) is 17.2. The Morgan fingerprint density at radius 1 is 0.436 bits per heavy atom. The monoisotopic (exact) mass is 780 g/mol. The molecule has 1 amide bonds. The predicted octanol–water partition coefficient (Wildman–Crippen LogP) is 13.4. The van der Waals surface area contributed by atoms with Crippen LogP contribution in [0.3, 0.4) is 0 Å². The SMILES string of the molecule is CCCCCCCCC/C=C/CCCC(O)C(O)C(CO)NC(=O)C(O)CCCCCCCCCCCCCCCCCCCCCCCCCCCCC. The third-order valence-electron chi connectivity index (χ3n) is 11.7. The maximum Gasteiger partial charge on any atom is 0.249 e. The molecular formula is C49H97NO5. The minimum atomic E-state index is -1.28. The third-order valence-corrected chi connectivity index (χ3v) is 11.7. The second kappa shape index (κ2) is 44.2. The molecule has 0 spiro atoms. The number of carbonyl (C=O) groups excluding carboxylic acids is 1. The first-order chi connectivity index (χ1) is 27.0. The smallest absolute Gasteiger partial charge is 0.249 e. The molecule has 0 bridgehead atoms. The van der Waals surface area contributed by atoms with Gasteiger partial charge in [0.2, 0.25) is 5.91 Å². The van der Waals surface area contributed by atoms with E-state index in [-0.39, 0.29) is 0 Å². The van der Waals surface area contributed by atoms with Crippen molar-refractivity contribution >= 4 is 5.91 Å². The number of amides is 1. The van der Waals surface area contributed by atoms with Crippen LogP contribution >= 0.6 is 0 Å². The molecule has 5 N–H and O–H groups in total. The lowest BCUT2D eigenvalue weighted by Gasteiger charge is -2.27. The average Bonchev–Trinajstić information content (AvgIpc) is 3.19. The van der Waals surface area contributed by atoms with Crippen LogP contribution in [0.2, 0.25) is 0 Å². The van der Waals surface area contributed by atoms with Crippen molar-refractivity contribution in [1.29, 1.82) is 0 Å². The quantitative estimate of drug-likeness (QED) is 0.0312. The summed E-state index contributed by atoms with van der Waals surface area (Å²) in [5.74, 6) is -0.589. The topological polar surface area (TPSA) is 110 Å². The van der Waals surface area contributed by atoms with Crippen LogP contribution in [0.15, 0.2) is 12.2 Å². The number of carbonyl (C=O) groups is 1. The van der Waals surface area contributed by atoms with Gasteiger partial charge < -0.3 is 25.7 Å². The summed E-state index contributed by atoms with van der Waals surface area (Å²) in [4.78, 5) is 12.5. The predicted molar refractivity (Wildman–Crippen MR) is 238 cm³/mol. The highest BCUT2D eigenvalue weighted by Gasteiger charge is 2.28. The lowest BCUT2D eigenvalue weighted by molar-refractivity contribution is -0.132. The van der Waals surface area contributed by atoms with Crippen LogP contribution in [-0.4, -0.2) is 57.3 Å². The van der Waals surface area contributed by atoms with Gasteiger partial charge in [0.05, 0.1) is 18.8 Å². The first-order valence-corrected chi connectivity index (χ1v) is 24.6. The zero-order valence-electron chi connectivity index (χ0n) is 36.9. The highest BCUT2D eigenvalue weighted by atomic mass is 16.3. The number of unbranched alkanes of at least 4 members (excludes halogenated alkanes) is 34. The van der Waals surface area contributed by atoms with Crippen molar-refractivity contribution in [2.45, 2.75) is 289 Å². The van der Waals surface area contributed by atoms with Gasteiger partial charge >= 0.3 is 0 Å². The van der Waals surface area contributed by atoms with E-state index in [0.717, 1.165) is 38.5 Å². The van der Waals surface area contributed by atoms with E-state index in [4.69, 9.17) is 0 Å². The van der Waals surface area contributed by atoms with E-state index in [1.165, 1.54) is 199 Å². The molecule has 0 radical (unpaired) electrons. The molecule has 0 fully saturated rings. The maximum absolute atomic E-state index is 12.5. The first kappa shape index (κ1) is 54.0. The first-order valence-electron chi connectivity index (χ1n) is 24.6. The van der Waals surface area contributed by atoms with Crippen LogP contribution in [0.4, 0.5) is 0 Å². The van der Waals surface area contributed by atoms with Crippen LogP contribution in [0.25, 0.3) is 0 Å². The summed E-state index contributed by atoms with van der Waals surface area (Å²) >= 11 is 0. The Morgan fingerprint density at radius 3 is 1.09 bits per heavy atom. The molecule has 0 aromatic heterocycles. The van der Waals surface area contributed by atoms with Crippen molar-refractivity contribution in [1.82, 2.24) is 5.32 Å². The number of nitrogens with one attached hydrogen (secondary N) is 1. The van der Waals surface area contributed by atoms with Crippen molar-refractivity contribution in [3.63, 3.8) is 0 Å². The van der Waals surface area contributed by atoms with Crippen molar-refractivity contribution in [3.8, 4) is 0 Å². The highest BCUT2D eigenvalue weighted by molar-refractivity contribution is 5.80. The van der Waals surface area contributed by atoms with E-state index in [0.29, 0.717) is 12.8 Å². The van der Waals surface area contributed by atoms with E-state index in [2.05, 4.69) is 31.3 Å². The molecule has 55 heavy (non-hydrogen) atoms. The Labute approximate surface area is 342 Å².